The number of aromatic amines is 1. The first kappa shape index (κ1) is 8.74. The minimum atomic E-state index is 0.598. The van der Waals surface area contributed by atoms with Crippen LogP contribution in [0.15, 0.2) is 18.2 Å². The van der Waals surface area contributed by atoms with E-state index in [1.165, 1.54) is 0 Å². The molecule has 1 aromatic carbocycles. The van der Waals surface area contributed by atoms with Gasteiger partial charge in [-0.05, 0) is 12.1 Å². The molecule has 0 saturated heterocycles. The van der Waals surface area contributed by atoms with Gasteiger partial charge in [-0.15, -0.1) is 0 Å². The molecule has 0 fully saturated rings. The summed E-state index contributed by atoms with van der Waals surface area (Å²) in [5.74, 6) is 1.25. The molecule has 4 heteroatoms. The third-order valence-corrected chi connectivity index (χ3v) is 2.19. The number of fused-ring (bicyclic) bond motifs is 1. The van der Waals surface area contributed by atoms with Gasteiger partial charge in [0.2, 0.25) is 5.88 Å². The number of aromatic nitrogens is 1. The van der Waals surface area contributed by atoms with Crippen LogP contribution in [-0.2, 0) is 0 Å². The van der Waals surface area contributed by atoms with Crippen LogP contribution in [-0.4, -0.2) is 19.2 Å². The number of anilines is 1. The minimum Gasteiger partial charge on any atom is -0.491 e. The molecule has 2 aromatic rings. The van der Waals surface area contributed by atoms with Gasteiger partial charge >= 0.3 is 0 Å². The fraction of sp³-hybridized carbons (Fsp3) is 0.200. The van der Waals surface area contributed by atoms with Crippen molar-refractivity contribution in [3.63, 3.8) is 0 Å². The summed E-state index contributed by atoms with van der Waals surface area (Å²) in [7, 11) is 3.18. The van der Waals surface area contributed by atoms with E-state index >= 15 is 0 Å². The molecule has 14 heavy (non-hydrogen) atoms. The van der Waals surface area contributed by atoms with Crippen molar-refractivity contribution in [1.82, 2.24) is 4.98 Å². The van der Waals surface area contributed by atoms with E-state index < -0.39 is 0 Å². The van der Waals surface area contributed by atoms with Crippen molar-refractivity contribution in [2.24, 2.45) is 0 Å². The second kappa shape index (κ2) is 3.14. The third-order valence-electron chi connectivity index (χ3n) is 2.19. The van der Waals surface area contributed by atoms with Crippen LogP contribution in [0.4, 0.5) is 5.69 Å². The van der Waals surface area contributed by atoms with Crippen LogP contribution in [0.1, 0.15) is 0 Å². The molecule has 0 amide bonds. The Balaban J connectivity index is 2.81. The summed E-state index contributed by atoms with van der Waals surface area (Å²) >= 11 is 0. The average molecular weight is 192 g/mol. The molecule has 4 nitrogen and oxygen atoms in total. The molecule has 0 bridgehead atoms. The zero-order valence-electron chi connectivity index (χ0n) is 8.13. The van der Waals surface area contributed by atoms with Gasteiger partial charge in [-0.2, -0.15) is 0 Å². The van der Waals surface area contributed by atoms with Gasteiger partial charge in [-0.1, -0.05) is 6.07 Å². The second-order valence-corrected chi connectivity index (χ2v) is 2.96. The number of nitrogens with one attached hydrogen (secondary N) is 1. The lowest BCUT2D eigenvalue weighted by Gasteiger charge is -2.01. The second-order valence-electron chi connectivity index (χ2n) is 2.96. The number of nitrogen functional groups attached to an aromatic ring is 1. The lowest BCUT2D eigenvalue weighted by atomic mass is 10.2. The Kier molecular flexibility index (Phi) is 1.96. The van der Waals surface area contributed by atoms with Crippen LogP contribution in [0, 0.1) is 0 Å². The number of benzene rings is 1. The molecule has 74 valence electrons. The summed E-state index contributed by atoms with van der Waals surface area (Å²) in [6.07, 6.45) is 0. The number of methoxy groups -OCH3 is 2. The maximum Gasteiger partial charge on any atom is 0.235 e. The Hall–Kier alpha value is -1.84. The monoisotopic (exact) mass is 192 g/mol. The zero-order chi connectivity index (χ0) is 10.1. The number of nitrogens with two attached hydrogens (primary N) is 1. The normalized spacial score (nSPS) is 10.4. The van der Waals surface area contributed by atoms with E-state index in [9.17, 15) is 0 Å². The van der Waals surface area contributed by atoms with Crippen molar-refractivity contribution in [2.75, 3.05) is 20.0 Å². The lowest BCUT2D eigenvalue weighted by molar-refractivity contribution is 0.351. The molecular weight excluding hydrogens is 180 g/mol. The lowest BCUT2D eigenvalue weighted by Crippen LogP contribution is -1.89. The molecule has 1 heterocycles. The van der Waals surface area contributed by atoms with Crippen LogP contribution in [0.3, 0.4) is 0 Å². The Bertz CT molecular complexity index is 462. The Labute approximate surface area is 81.6 Å². The molecule has 0 unspecified atom stereocenters. The largest absolute Gasteiger partial charge is 0.491 e. The predicted molar refractivity (Wildman–Crippen MR) is 55.8 cm³/mol. The summed E-state index contributed by atoms with van der Waals surface area (Å²) in [6.45, 7) is 0. The smallest absolute Gasteiger partial charge is 0.235 e. The maximum atomic E-state index is 5.85. The SMILES string of the molecule is COc1[nH]c2cccc(N)c2c1OC. The fourth-order valence-corrected chi connectivity index (χ4v) is 1.56. The molecule has 0 aliphatic rings. The Morgan fingerprint density at radius 1 is 1.21 bits per heavy atom. The van der Waals surface area contributed by atoms with E-state index in [1.807, 2.05) is 18.2 Å². The van der Waals surface area contributed by atoms with Gasteiger partial charge in [0.15, 0.2) is 5.75 Å². The molecular formula is C10H12N2O2. The van der Waals surface area contributed by atoms with Crippen molar-refractivity contribution >= 4 is 16.6 Å². The number of rotatable bonds is 2. The van der Waals surface area contributed by atoms with Crippen molar-refractivity contribution in [2.45, 2.75) is 0 Å². The standard InChI is InChI=1S/C10H12N2O2/c1-13-9-8-6(11)4-3-5-7(8)12-10(9)14-2/h3-5,12H,11H2,1-2H3. The van der Waals surface area contributed by atoms with Crippen molar-refractivity contribution in [3.8, 4) is 11.6 Å². The van der Waals surface area contributed by atoms with E-state index in [2.05, 4.69) is 4.98 Å². The highest BCUT2D eigenvalue weighted by molar-refractivity contribution is 5.98. The fourth-order valence-electron chi connectivity index (χ4n) is 1.56. The molecule has 0 spiro atoms. The quantitative estimate of drug-likeness (QED) is 0.713. The van der Waals surface area contributed by atoms with Gasteiger partial charge in [-0.25, -0.2) is 0 Å². The maximum absolute atomic E-state index is 5.85. The van der Waals surface area contributed by atoms with E-state index in [0.717, 1.165) is 10.9 Å². The molecule has 0 aliphatic heterocycles. The summed E-state index contributed by atoms with van der Waals surface area (Å²) in [5, 5.41) is 0.867. The highest BCUT2D eigenvalue weighted by Crippen LogP contribution is 2.38. The van der Waals surface area contributed by atoms with Crippen molar-refractivity contribution in [1.29, 1.82) is 0 Å². The first-order valence-corrected chi connectivity index (χ1v) is 4.26. The van der Waals surface area contributed by atoms with Crippen LogP contribution >= 0.6 is 0 Å². The van der Waals surface area contributed by atoms with Crippen LogP contribution < -0.4 is 15.2 Å². The number of H-pyrrole nitrogens is 1. The van der Waals surface area contributed by atoms with Gasteiger partial charge < -0.3 is 20.2 Å². The minimum absolute atomic E-state index is 0.598. The predicted octanol–water partition coefficient (Wildman–Crippen LogP) is 1.77. The van der Waals surface area contributed by atoms with Gasteiger partial charge in [0.25, 0.3) is 0 Å². The molecule has 0 radical (unpaired) electrons. The first-order chi connectivity index (χ1) is 6.77. The highest BCUT2D eigenvalue weighted by atomic mass is 16.5. The third kappa shape index (κ3) is 1.08. The topological polar surface area (TPSA) is 60.3 Å². The van der Waals surface area contributed by atoms with E-state index in [4.69, 9.17) is 15.2 Å². The number of ether oxygens (including phenoxy) is 2. The highest BCUT2D eigenvalue weighted by Gasteiger charge is 2.14. The van der Waals surface area contributed by atoms with Crippen LogP contribution in [0.25, 0.3) is 10.9 Å². The van der Waals surface area contributed by atoms with E-state index in [1.54, 1.807) is 14.2 Å². The zero-order valence-corrected chi connectivity index (χ0v) is 8.13. The van der Waals surface area contributed by atoms with Crippen LogP contribution in [0.5, 0.6) is 11.6 Å². The van der Waals surface area contributed by atoms with Crippen molar-refractivity contribution in [3.05, 3.63) is 18.2 Å². The van der Waals surface area contributed by atoms with Gasteiger partial charge in [0.05, 0.1) is 25.1 Å². The molecule has 0 saturated carbocycles. The number of hydrogen-bond acceptors (Lipinski definition) is 3. The Morgan fingerprint density at radius 3 is 2.64 bits per heavy atom. The van der Waals surface area contributed by atoms with Gasteiger partial charge in [-0.3, -0.25) is 0 Å². The summed E-state index contributed by atoms with van der Waals surface area (Å²) in [5.41, 5.74) is 7.44. The number of hydrogen-bond donors (Lipinski definition) is 2. The molecule has 1 aromatic heterocycles. The van der Waals surface area contributed by atoms with Crippen molar-refractivity contribution < 1.29 is 9.47 Å². The first-order valence-electron chi connectivity index (χ1n) is 4.26. The van der Waals surface area contributed by atoms with E-state index in [0.29, 0.717) is 17.3 Å². The molecule has 0 atom stereocenters. The summed E-state index contributed by atoms with van der Waals surface area (Å²) in [6, 6.07) is 5.64. The molecule has 0 aliphatic carbocycles. The van der Waals surface area contributed by atoms with Crippen LogP contribution in [0.2, 0.25) is 0 Å². The van der Waals surface area contributed by atoms with E-state index in [-0.39, 0.29) is 0 Å². The van der Waals surface area contributed by atoms with Gasteiger partial charge in [0, 0.05) is 5.69 Å². The Morgan fingerprint density at radius 2 is 2.00 bits per heavy atom. The molecule has 2 rings (SSSR count). The molecule has 3 N–H and O–H groups in total. The summed E-state index contributed by atoms with van der Waals surface area (Å²) < 4.78 is 10.4. The summed E-state index contributed by atoms with van der Waals surface area (Å²) in [4.78, 5) is 3.08. The average Bonchev–Trinajstić information content (AvgIpc) is 2.56. The van der Waals surface area contributed by atoms with Gasteiger partial charge in [0.1, 0.15) is 0 Å².